The molecule has 0 aliphatic carbocycles. The molecular weight excluding hydrogens is 461 g/mol. The van der Waals surface area contributed by atoms with Gasteiger partial charge in [-0.25, -0.2) is 9.07 Å². The fourth-order valence-corrected chi connectivity index (χ4v) is 5.63. The first-order valence-corrected chi connectivity index (χ1v) is 12.8. The molecular formula is C26H34FN7O2. The van der Waals surface area contributed by atoms with Crippen LogP contribution in [0, 0.1) is 6.92 Å². The van der Waals surface area contributed by atoms with Gasteiger partial charge in [-0.15, -0.1) is 0 Å². The molecule has 0 spiro atoms. The normalized spacial score (nSPS) is 24.3. The molecule has 5 heterocycles. The number of aromatic nitrogens is 4. The molecule has 0 N–H and O–H groups in total. The monoisotopic (exact) mass is 495 g/mol. The second kappa shape index (κ2) is 9.57. The van der Waals surface area contributed by atoms with Crippen LogP contribution < -0.4 is 9.64 Å². The number of alkyl halides is 1. The smallest absolute Gasteiger partial charge is 0.320 e. The van der Waals surface area contributed by atoms with E-state index in [2.05, 4.69) is 55.9 Å². The maximum atomic E-state index is 15.5. The van der Waals surface area contributed by atoms with Crippen LogP contribution in [-0.4, -0.2) is 108 Å². The van der Waals surface area contributed by atoms with Crippen LogP contribution in [0.2, 0.25) is 0 Å². The summed E-state index contributed by atoms with van der Waals surface area (Å²) in [5.74, 6) is 1.35. The number of likely N-dealkylation sites (tertiary alicyclic amines) is 1. The maximum absolute atomic E-state index is 15.5. The quantitative estimate of drug-likeness (QED) is 0.535. The van der Waals surface area contributed by atoms with Crippen molar-refractivity contribution in [2.45, 2.75) is 31.5 Å². The van der Waals surface area contributed by atoms with Crippen molar-refractivity contribution in [3.8, 4) is 11.8 Å². The minimum atomic E-state index is -0.908. The van der Waals surface area contributed by atoms with Gasteiger partial charge in [0.25, 0.3) is 0 Å². The minimum absolute atomic E-state index is 0.129. The van der Waals surface area contributed by atoms with Crippen LogP contribution in [-0.2, 0) is 4.74 Å². The number of anilines is 1. The third-order valence-corrected chi connectivity index (χ3v) is 7.97. The molecule has 3 fully saturated rings. The number of aryl methyl sites for hydroxylation is 1. The number of nitrogens with zero attached hydrogens (tertiary/aromatic N) is 7. The highest BCUT2D eigenvalue weighted by atomic mass is 19.1. The second-order valence-electron chi connectivity index (χ2n) is 10.3. The molecule has 6 rings (SSSR count). The van der Waals surface area contributed by atoms with E-state index in [1.165, 1.54) is 0 Å². The summed E-state index contributed by atoms with van der Waals surface area (Å²) in [7, 11) is 3.71. The third-order valence-electron chi connectivity index (χ3n) is 7.97. The summed E-state index contributed by atoms with van der Waals surface area (Å²) in [6, 6.07) is 6.88. The van der Waals surface area contributed by atoms with Crippen molar-refractivity contribution in [1.29, 1.82) is 0 Å². The molecule has 3 aliphatic heterocycles. The Kier molecular flexibility index (Phi) is 6.27. The van der Waals surface area contributed by atoms with Crippen LogP contribution in [0.5, 0.6) is 6.01 Å². The molecule has 3 saturated heterocycles. The first kappa shape index (κ1) is 23.6. The van der Waals surface area contributed by atoms with Crippen LogP contribution >= 0.6 is 0 Å². The summed E-state index contributed by atoms with van der Waals surface area (Å²) >= 11 is 0. The third kappa shape index (κ3) is 4.31. The lowest BCUT2D eigenvalue weighted by atomic mass is 9.84. The van der Waals surface area contributed by atoms with Crippen molar-refractivity contribution in [1.82, 2.24) is 29.5 Å². The molecule has 2 atom stereocenters. The Morgan fingerprint density at radius 2 is 1.81 bits per heavy atom. The average Bonchev–Trinajstić information content (AvgIpc) is 3.25. The summed E-state index contributed by atoms with van der Waals surface area (Å²) in [5.41, 5.74) is 3.08. The molecule has 0 saturated carbocycles. The van der Waals surface area contributed by atoms with E-state index >= 15 is 4.39 Å². The van der Waals surface area contributed by atoms with Gasteiger partial charge >= 0.3 is 6.01 Å². The molecule has 10 heteroatoms. The van der Waals surface area contributed by atoms with Gasteiger partial charge < -0.3 is 19.3 Å². The van der Waals surface area contributed by atoms with Gasteiger partial charge in [0.15, 0.2) is 5.82 Å². The fourth-order valence-electron chi connectivity index (χ4n) is 5.63. The molecule has 2 aromatic heterocycles. The Morgan fingerprint density at radius 3 is 2.50 bits per heavy atom. The van der Waals surface area contributed by atoms with E-state index in [-0.39, 0.29) is 5.92 Å². The number of hydrogen-bond acceptors (Lipinski definition) is 8. The Labute approximate surface area is 210 Å². The molecule has 0 unspecified atom stereocenters. The summed E-state index contributed by atoms with van der Waals surface area (Å²) in [6.45, 7) is 8.62. The molecule has 192 valence electrons. The van der Waals surface area contributed by atoms with Crippen molar-refractivity contribution in [2.75, 3.05) is 71.5 Å². The lowest BCUT2D eigenvalue weighted by molar-refractivity contribution is -0.0807. The zero-order valence-corrected chi connectivity index (χ0v) is 21.2. The summed E-state index contributed by atoms with van der Waals surface area (Å²) in [5, 5.41) is 5.68. The van der Waals surface area contributed by atoms with Gasteiger partial charge in [-0.05, 0) is 50.2 Å². The van der Waals surface area contributed by atoms with Gasteiger partial charge in [0.05, 0.1) is 38.1 Å². The van der Waals surface area contributed by atoms with Crippen LogP contribution in [0.1, 0.15) is 23.5 Å². The molecule has 0 amide bonds. The van der Waals surface area contributed by atoms with E-state index in [0.717, 1.165) is 80.2 Å². The molecule has 0 radical (unpaired) electrons. The van der Waals surface area contributed by atoms with Crippen molar-refractivity contribution >= 4 is 16.7 Å². The predicted molar refractivity (Wildman–Crippen MR) is 136 cm³/mol. The summed E-state index contributed by atoms with van der Waals surface area (Å²) in [6.07, 6.45) is 1.74. The number of ether oxygens (including phenoxy) is 2. The maximum Gasteiger partial charge on any atom is 0.320 e. The van der Waals surface area contributed by atoms with Crippen LogP contribution in [0.3, 0.4) is 0 Å². The van der Waals surface area contributed by atoms with Gasteiger partial charge in [-0.2, -0.15) is 15.1 Å². The van der Waals surface area contributed by atoms with Crippen molar-refractivity contribution in [2.24, 2.45) is 0 Å². The summed E-state index contributed by atoms with van der Waals surface area (Å²) in [4.78, 5) is 16.0. The zero-order chi connectivity index (χ0) is 24.8. The molecule has 1 aromatic carbocycles. The number of fused-ring (bicyclic) bond motifs is 1. The van der Waals surface area contributed by atoms with Crippen molar-refractivity contribution < 1.29 is 13.9 Å². The molecule has 3 aromatic rings. The van der Waals surface area contributed by atoms with Crippen LogP contribution in [0.4, 0.5) is 10.2 Å². The highest BCUT2D eigenvalue weighted by Crippen LogP contribution is 2.36. The minimum Gasteiger partial charge on any atom is -0.467 e. The molecule has 9 nitrogen and oxygen atoms in total. The van der Waals surface area contributed by atoms with Crippen molar-refractivity contribution in [3.63, 3.8) is 0 Å². The first-order valence-electron chi connectivity index (χ1n) is 12.8. The van der Waals surface area contributed by atoms with Gasteiger partial charge in [0.2, 0.25) is 0 Å². The number of halogens is 1. The second-order valence-corrected chi connectivity index (χ2v) is 10.3. The Bertz CT molecular complexity index is 1240. The van der Waals surface area contributed by atoms with Crippen LogP contribution in [0.15, 0.2) is 24.4 Å². The average molecular weight is 496 g/mol. The fraction of sp³-hybridized carbons (Fsp3) is 0.577. The topological polar surface area (TPSA) is 71.8 Å². The van der Waals surface area contributed by atoms with Gasteiger partial charge in [-0.3, -0.25) is 4.90 Å². The van der Waals surface area contributed by atoms with E-state index in [1.54, 1.807) is 7.11 Å². The number of hydrogen-bond donors (Lipinski definition) is 0. The van der Waals surface area contributed by atoms with Crippen LogP contribution in [0.25, 0.3) is 16.7 Å². The Hall–Kier alpha value is -2.82. The largest absolute Gasteiger partial charge is 0.467 e. The van der Waals surface area contributed by atoms with Crippen molar-refractivity contribution in [3.05, 3.63) is 35.5 Å². The lowest BCUT2D eigenvalue weighted by Gasteiger charge is -2.43. The number of piperazine rings is 1. The lowest BCUT2D eigenvalue weighted by Crippen LogP contribution is -2.54. The molecule has 3 aliphatic rings. The first-order chi connectivity index (χ1) is 17.5. The van der Waals surface area contributed by atoms with E-state index < -0.39 is 6.17 Å². The van der Waals surface area contributed by atoms with Gasteiger partial charge in [0.1, 0.15) is 12.0 Å². The van der Waals surface area contributed by atoms with Gasteiger partial charge in [-0.1, -0.05) is 0 Å². The summed E-state index contributed by atoms with van der Waals surface area (Å²) < 4.78 is 28.1. The van der Waals surface area contributed by atoms with Gasteiger partial charge in [0, 0.05) is 50.1 Å². The molecule has 36 heavy (non-hydrogen) atoms. The number of rotatable bonds is 5. The molecule has 0 bridgehead atoms. The van der Waals surface area contributed by atoms with E-state index in [9.17, 15) is 0 Å². The number of methoxy groups -OCH3 is 1. The number of piperidine rings is 1. The Balaban J connectivity index is 1.33. The van der Waals surface area contributed by atoms with E-state index in [4.69, 9.17) is 9.47 Å². The van der Waals surface area contributed by atoms with E-state index in [0.29, 0.717) is 24.4 Å². The Morgan fingerprint density at radius 1 is 1.03 bits per heavy atom. The SMILES string of the molecule is COc1nc(N2CCN(C)CC2)cc(-n2ncc3cc(C)c([C@H]4CCN(C5COC5)C[C@H]4F)cc32)n1. The zero-order valence-electron chi connectivity index (χ0n) is 21.2. The standard InChI is InChI=1S/C26H34FN7O2/c1-17-10-18-13-28-34(25-12-24(29-26(30-25)35-3)32-8-6-31(2)7-9-32)23(18)11-21(17)20-4-5-33(14-22(20)27)19-15-36-16-19/h10-13,19-20,22H,4-9,14-16H2,1-3H3/t20-,22-/m1/s1. The van der Waals surface area contributed by atoms with E-state index in [1.807, 2.05) is 16.9 Å². The predicted octanol–water partition coefficient (Wildman–Crippen LogP) is 2.41. The number of likely N-dealkylation sites (N-methyl/N-ethyl adjacent to an activating group) is 1. The number of benzene rings is 1. The highest BCUT2D eigenvalue weighted by Gasteiger charge is 2.36. The highest BCUT2D eigenvalue weighted by molar-refractivity contribution is 5.82.